The highest BCUT2D eigenvalue weighted by molar-refractivity contribution is 7.80. The lowest BCUT2D eigenvalue weighted by atomic mass is 9.73. The van der Waals surface area contributed by atoms with Gasteiger partial charge < -0.3 is 10.6 Å². The Hall–Kier alpha value is -0.640. The van der Waals surface area contributed by atoms with E-state index in [1.807, 2.05) is 4.90 Å². The van der Waals surface area contributed by atoms with Gasteiger partial charge in [0.25, 0.3) is 0 Å². The molecular formula is C16H28N2OS. The summed E-state index contributed by atoms with van der Waals surface area (Å²) in [5, 5.41) is 0. The predicted octanol–water partition coefficient (Wildman–Crippen LogP) is 3.12. The molecule has 1 amide bonds. The van der Waals surface area contributed by atoms with Crippen LogP contribution < -0.4 is 5.73 Å². The molecule has 2 rings (SSSR count). The van der Waals surface area contributed by atoms with E-state index in [0.29, 0.717) is 10.9 Å². The Bertz CT molecular complexity index is 394. The van der Waals surface area contributed by atoms with Crippen LogP contribution in [-0.2, 0) is 4.79 Å². The second-order valence-electron chi connectivity index (χ2n) is 7.61. The van der Waals surface area contributed by atoms with E-state index in [-0.39, 0.29) is 11.3 Å². The van der Waals surface area contributed by atoms with E-state index in [1.165, 1.54) is 6.42 Å². The summed E-state index contributed by atoms with van der Waals surface area (Å²) >= 11 is 5.27. The molecule has 114 valence electrons. The van der Waals surface area contributed by atoms with Crippen molar-refractivity contribution in [3.05, 3.63) is 0 Å². The largest absolute Gasteiger partial charge is 0.392 e. The first kappa shape index (κ1) is 15.7. The van der Waals surface area contributed by atoms with Crippen LogP contribution in [0.2, 0.25) is 0 Å². The summed E-state index contributed by atoms with van der Waals surface area (Å²) in [6.07, 6.45) is 6.12. The molecule has 0 aromatic heterocycles. The summed E-state index contributed by atoms with van der Waals surface area (Å²) in [7, 11) is 0. The van der Waals surface area contributed by atoms with Crippen molar-refractivity contribution in [3.63, 3.8) is 0 Å². The Kier molecular flexibility index (Phi) is 4.43. The lowest BCUT2D eigenvalue weighted by Gasteiger charge is -2.38. The van der Waals surface area contributed by atoms with Crippen LogP contribution in [0.3, 0.4) is 0 Å². The summed E-state index contributed by atoms with van der Waals surface area (Å²) in [6.45, 7) is 8.51. The molecule has 2 N–H and O–H groups in total. The Morgan fingerprint density at radius 1 is 1.25 bits per heavy atom. The number of amides is 1. The topological polar surface area (TPSA) is 46.3 Å². The maximum Gasteiger partial charge on any atom is 0.235 e. The average molecular weight is 296 g/mol. The van der Waals surface area contributed by atoms with Crippen LogP contribution in [0.1, 0.15) is 59.3 Å². The molecule has 0 radical (unpaired) electrons. The van der Waals surface area contributed by atoms with Gasteiger partial charge in [-0.25, -0.2) is 0 Å². The Labute approximate surface area is 128 Å². The first-order valence-corrected chi connectivity index (χ1v) is 8.27. The Morgan fingerprint density at radius 2 is 1.85 bits per heavy atom. The Balaban J connectivity index is 2.12. The third-order valence-corrected chi connectivity index (χ3v) is 5.68. The third kappa shape index (κ3) is 2.85. The molecule has 0 aromatic rings. The number of likely N-dealkylation sites (tertiary alicyclic amines) is 1. The van der Waals surface area contributed by atoms with Gasteiger partial charge in [0, 0.05) is 13.1 Å². The van der Waals surface area contributed by atoms with Crippen molar-refractivity contribution in [2.45, 2.75) is 59.3 Å². The van der Waals surface area contributed by atoms with E-state index in [9.17, 15) is 4.79 Å². The zero-order valence-electron chi connectivity index (χ0n) is 13.1. The third-order valence-electron chi connectivity index (χ3n) is 5.29. The molecule has 1 saturated heterocycles. The molecule has 4 heteroatoms. The molecule has 0 bridgehead atoms. The summed E-state index contributed by atoms with van der Waals surface area (Å²) < 4.78 is 0. The molecular weight excluding hydrogens is 268 g/mol. The highest BCUT2D eigenvalue weighted by Crippen LogP contribution is 2.41. The van der Waals surface area contributed by atoms with Crippen LogP contribution in [0.4, 0.5) is 0 Å². The van der Waals surface area contributed by atoms with Gasteiger partial charge in [-0.05, 0) is 30.6 Å². The maximum absolute atomic E-state index is 13.0. The van der Waals surface area contributed by atoms with Crippen molar-refractivity contribution in [3.8, 4) is 0 Å². The molecule has 1 aliphatic heterocycles. The van der Waals surface area contributed by atoms with Gasteiger partial charge in [0.1, 0.15) is 0 Å². The SMILES string of the molecule is CC(C)(C)C1CCN(C(=O)C2(C(N)=S)CCCCC2)C1. The molecule has 1 unspecified atom stereocenters. The summed E-state index contributed by atoms with van der Waals surface area (Å²) in [4.78, 5) is 15.4. The number of nitrogens with two attached hydrogens (primary N) is 1. The summed E-state index contributed by atoms with van der Waals surface area (Å²) in [5.74, 6) is 0.787. The van der Waals surface area contributed by atoms with Crippen LogP contribution >= 0.6 is 12.2 Å². The van der Waals surface area contributed by atoms with E-state index >= 15 is 0 Å². The van der Waals surface area contributed by atoms with Gasteiger partial charge in [0.15, 0.2) is 0 Å². The number of thiocarbonyl (C=S) groups is 1. The van der Waals surface area contributed by atoms with E-state index in [1.54, 1.807) is 0 Å². The molecule has 1 heterocycles. The minimum Gasteiger partial charge on any atom is -0.392 e. The van der Waals surface area contributed by atoms with Crippen molar-refractivity contribution >= 4 is 23.1 Å². The standard InChI is InChI=1S/C16H28N2OS/c1-15(2,3)12-7-10-18(11-12)14(19)16(13(17)20)8-5-4-6-9-16/h12H,4-11H2,1-3H3,(H2,17,20). The van der Waals surface area contributed by atoms with Crippen LogP contribution in [0.5, 0.6) is 0 Å². The van der Waals surface area contributed by atoms with Gasteiger partial charge in [-0.1, -0.05) is 52.3 Å². The van der Waals surface area contributed by atoms with Gasteiger partial charge in [-0.15, -0.1) is 0 Å². The van der Waals surface area contributed by atoms with Crippen LogP contribution in [0.15, 0.2) is 0 Å². The van der Waals surface area contributed by atoms with Gasteiger partial charge in [-0.2, -0.15) is 0 Å². The molecule has 20 heavy (non-hydrogen) atoms. The molecule has 3 nitrogen and oxygen atoms in total. The lowest BCUT2D eigenvalue weighted by molar-refractivity contribution is -0.138. The first-order chi connectivity index (χ1) is 9.27. The van der Waals surface area contributed by atoms with Crippen LogP contribution in [0, 0.1) is 16.7 Å². The van der Waals surface area contributed by atoms with Crippen molar-refractivity contribution < 1.29 is 4.79 Å². The molecule has 2 fully saturated rings. The van der Waals surface area contributed by atoms with E-state index in [4.69, 9.17) is 18.0 Å². The second kappa shape index (κ2) is 5.63. The monoisotopic (exact) mass is 296 g/mol. The molecule has 0 spiro atoms. The van der Waals surface area contributed by atoms with E-state index < -0.39 is 5.41 Å². The highest BCUT2D eigenvalue weighted by atomic mass is 32.1. The van der Waals surface area contributed by atoms with Gasteiger partial charge in [0.05, 0.1) is 10.4 Å². The van der Waals surface area contributed by atoms with E-state index in [0.717, 1.165) is 45.2 Å². The minimum atomic E-state index is -0.541. The summed E-state index contributed by atoms with van der Waals surface area (Å²) in [5.41, 5.74) is 5.70. The van der Waals surface area contributed by atoms with Crippen LogP contribution in [-0.4, -0.2) is 28.9 Å². The molecule has 1 saturated carbocycles. The smallest absolute Gasteiger partial charge is 0.235 e. The van der Waals surface area contributed by atoms with Crippen molar-refractivity contribution in [2.75, 3.05) is 13.1 Å². The number of nitrogens with zero attached hydrogens (tertiary/aromatic N) is 1. The fourth-order valence-electron chi connectivity index (χ4n) is 3.68. The van der Waals surface area contributed by atoms with E-state index in [2.05, 4.69) is 20.8 Å². The Morgan fingerprint density at radius 3 is 2.30 bits per heavy atom. The molecule has 0 aromatic carbocycles. The zero-order chi connectivity index (χ0) is 15.0. The van der Waals surface area contributed by atoms with Crippen LogP contribution in [0.25, 0.3) is 0 Å². The normalized spacial score (nSPS) is 26.6. The fraction of sp³-hybridized carbons (Fsp3) is 0.875. The van der Waals surface area contributed by atoms with Gasteiger partial charge in [-0.3, -0.25) is 4.79 Å². The lowest BCUT2D eigenvalue weighted by Crippen LogP contribution is -2.51. The molecule has 1 atom stereocenters. The number of carbonyl (C=O) groups is 1. The molecule has 1 aliphatic carbocycles. The first-order valence-electron chi connectivity index (χ1n) is 7.87. The number of rotatable bonds is 2. The van der Waals surface area contributed by atoms with Crippen molar-refractivity contribution in [1.82, 2.24) is 4.90 Å². The minimum absolute atomic E-state index is 0.205. The zero-order valence-corrected chi connectivity index (χ0v) is 13.9. The number of carbonyl (C=O) groups excluding carboxylic acids is 1. The second-order valence-corrected chi connectivity index (χ2v) is 8.05. The van der Waals surface area contributed by atoms with Crippen molar-refractivity contribution in [1.29, 1.82) is 0 Å². The average Bonchev–Trinajstić information content (AvgIpc) is 2.88. The highest BCUT2D eigenvalue weighted by Gasteiger charge is 2.46. The quantitative estimate of drug-likeness (QED) is 0.796. The fourth-order valence-corrected chi connectivity index (χ4v) is 3.97. The van der Waals surface area contributed by atoms with Crippen molar-refractivity contribution in [2.24, 2.45) is 22.5 Å². The van der Waals surface area contributed by atoms with Gasteiger partial charge in [0.2, 0.25) is 5.91 Å². The number of hydrogen-bond donors (Lipinski definition) is 1. The summed E-state index contributed by atoms with van der Waals surface area (Å²) in [6, 6.07) is 0. The molecule has 2 aliphatic rings. The van der Waals surface area contributed by atoms with Gasteiger partial charge >= 0.3 is 0 Å². The predicted molar refractivity (Wildman–Crippen MR) is 86.4 cm³/mol. The number of hydrogen-bond acceptors (Lipinski definition) is 2. The maximum atomic E-state index is 13.0.